The summed E-state index contributed by atoms with van der Waals surface area (Å²) in [4.78, 5) is 17.3. The van der Waals surface area contributed by atoms with Gasteiger partial charge in [-0.05, 0) is 18.2 Å². The van der Waals surface area contributed by atoms with Gasteiger partial charge in [0, 0.05) is 52.8 Å². The minimum Gasteiger partial charge on any atom is -0.358 e. The molecular weight excluding hydrogens is 357 g/mol. The number of hydrogen-bond acceptors (Lipinski definition) is 2. The molecule has 1 amide bonds. The van der Waals surface area contributed by atoms with Crippen LogP contribution in [0.3, 0.4) is 0 Å². The van der Waals surface area contributed by atoms with Crippen LogP contribution in [0.4, 0.5) is 13.2 Å². The first-order valence-electron chi connectivity index (χ1n) is 7.54. The standard InChI is InChI=1S/C16H12ClF3N4O/c17-8-1-2-11-9(5-8)10-7-24(4-3-12(10)21-11)15(25)13-6-14(23-22-13)16(18,19)20/h1-2,5-6,21H,3-4,7H2,(H,22,23). The maximum absolute atomic E-state index is 12.7. The van der Waals surface area contributed by atoms with Gasteiger partial charge in [-0.3, -0.25) is 9.89 Å². The van der Waals surface area contributed by atoms with Crippen molar-refractivity contribution in [2.24, 2.45) is 0 Å². The Labute approximate surface area is 144 Å². The summed E-state index contributed by atoms with van der Waals surface area (Å²) in [5, 5.41) is 6.88. The minimum absolute atomic E-state index is 0.242. The van der Waals surface area contributed by atoms with E-state index in [4.69, 9.17) is 11.6 Å². The quantitative estimate of drug-likeness (QED) is 0.687. The summed E-state index contributed by atoms with van der Waals surface area (Å²) in [6, 6.07) is 6.20. The number of carbonyl (C=O) groups is 1. The van der Waals surface area contributed by atoms with Crippen LogP contribution in [0.25, 0.3) is 10.9 Å². The number of benzene rings is 1. The monoisotopic (exact) mass is 368 g/mol. The first kappa shape index (κ1) is 16.0. The number of alkyl halides is 3. The number of H-pyrrole nitrogens is 2. The molecule has 0 unspecified atom stereocenters. The second kappa shape index (κ2) is 5.52. The number of nitrogens with one attached hydrogen (secondary N) is 2. The molecule has 0 radical (unpaired) electrons. The van der Waals surface area contributed by atoms with Gasteiger partial charge in [-0.2, -0.15) is 18.3 Å². The maximum Gasteiger partial charge on any atom is 0.432 e. The maximum atomic E-state index is 12.7. The molecule has 5 nitrogen and oxygen atoms in total. The summed E-state index contributed by atoms with van der Waals surface area (Å²) in [6.45, 7) is 0.698. The lowest BCUT2D eigenvalue weighted by molar-refractivity contribution is -0.141. The molecule has 1 aliphatic rings. The third-order valence-electron chi connectivity index (χ3n) is 4.33. The highest BCUT2D eigenvalue weighted by Gasteiger charge is 2.35. The van der Waals surface area contributed by atoms with E-state index >= 15 is 0 Å². The predicted octanol–water partition coefficient (Wildman–Crippen LogP) is 3.76. The smallest absolute Gasteiger partial charge is 0.358 e. The molecule has 1 aliphatic heterocycles. The fourth-order valence-electron chi connectivity index (χ4n) is 3.10. The number of fused-ring (bicyclic) bond motifs is 3. The summed E-state index contributed by atoms with van der Waals surface area (Å²) in [5.74, 6) is -0.534. The highest BCUT2D eigenvalue weighted by molar-refractivity contribution is 6.31. The number of carbonyl (C=O) groups excluding carboxylic acids is 1. The molecule has 25 heavy (non-hydrogen) atoms. The number of amides is 1. The fraction of sp³-hybridized carbons (Fsp3) is 0.250. The zero-order chi connectivity index (χ0) is 17.8. The van der Waals surface area contributed by atoms with Gasteiger partial charge < -0.3 is 9.88 Å². The van der Waals surface area contributed by atoms with Crippen molar-refractivity contribution < 1.29 is 18.0 Å². The van der Waals surface area contributed by atoms with Gasteiger partial charge in [0.15, 0.2) is 5.69 Å². The van der Waals surface area contributed by atoms with Crippen molar-refractivity contribution >= 4 is 28.4 Å². The van der Waals surface area contributed by atoms with Gasteiger partial charge >= 0.3 is 6.18 Å². The molecule has 0 atom stereocenters. The Hall–Kier alpha value is -2.48. The second-order valence-corrected chi connectivity index (χ2v) is 6.35. The number of rotatable bonds is 1. The molecule has 0 saturated carbocycles. The molecule has 4 rings (SSSR count). The Balaban J connectivity index is 1.63. The van der Waals surface area contributed by atoms with Crippen molar-refractivity contribution in [3.63, 3.8) is 0 Å². The Bertz CT molecular complexity index is 976. The molecule has 3 heterocycles. The van der Waals surface area contributed by atoms with Crippen molar-refractivity contribution in [1.29, 1.82) is 0 Å². The van der Waals surface area contributed by atoms with Crippen LogP contribution in [0.15, 0.2) is 24.3 Å². The molecule has 2 aromatic heterocycles. The van der Waals surface area contributed by atoms with Crippen molar-refractivity contribution in [2.75, 3.05) is 6.54 Å². The number of halogens is 4. The van der Waals surface area contributed by atoms with E-state index in [-0.39, 0.29) is 5.69 Å². The van der Waals surface area contributed by atoms with Gasteiger partial charge in [0.25, 0.3) is 5.91 Å². The van der Waals surface area contributed by atoms with E-state index in [9.17, 15) is 18.0 Å². The Morgan fingerprint density at radius 3 is 2.80 bits per heavy atom. The number of nitrogens with zero attached hydrogens (tertiary/aromatic N) is 2. The topological polar surface area (TPSA) is 64.8 Å². The van der Waals surface area contributed by atoms with E-state index in [1.807, 2.05) is 17.2 Å². The van der Waals surface area contributed by atoms with Gasteiger partial charge in [-0.1, -0.05) is 11.6 Å². The van der Waals surface area contributed by atoms with Crippen LogP contribution >= 0.6 is 11.6 Å². The van der Waals surface area contributed by atoms with Crippen molar-refractivity contribution in [3.05, 3.63) is 51.9 Å². The lowest BCUT2D eigenvalue weighted by Gasteiger charge is -2.26. The summed E-state index contributed by atoms with van der Waals surface area (Å²) in [5.41, 5.74) is 1.59. The second-order valence-electron chi connectivity index (χ2n) is 5.91. The Kier molecular flexibility index (Phi) is 3.54. The van der Waals surface area contributed by atoms with Crippen molar-refractivity contribution in [3.8, 4) is 0 Å². The van der Waals surface area contributed by atoms with Gasteiger partial charge in [0.2, 0.25) is 0 Å². The average molecular weight is 369 g/mol. The van der Waals surface area contributed by atoms with E-state index in [0.717, 1.165) is 28.2 Å². The van der Waals surface area contributed by atoms with E-state index in [1.54, 1.807) is 6.07 Å². The molecule has 1 aromatic carbocycles. The molecule has 130 valence electrons. The van der Waals surface area contributed by atoms with Crippen LogP contribution in [0.2, 0.25) is 5.02 Å². The van der Waals surface area contributed by atoms with E-state index < -0.39 is 17.8 Å². The minimum atomic E-state index is -4.56. The van der Waals surface area contributed by atoms with Crippen LogP contribution in [-0.4, -0.2) is 32.5 Å². The van der Waals surface area contributed by atoms with Gasteiger partial charge in [-0.15, -0.1) is 0 Å². The number of aromatic amines is 2. The Morgan fingerprint density at radius 1 is 1.28 bits per heavy atom. The highest BCUT2D eigenvalue weighted by atomic mass is 35.5. The van der Waals surface area contributed by atoms with E-state index in [1.165, 1.54) is 4.90 Å². The van der Waals surface area contributed by atoms with Gasteiger partial charge in [0.1, 0.15) is 5.69 Å². The molecule has 0 bridgehead atoms. The summed E-state index contributed by atoms with van der Waals surface area (Å²) in [6.07, 6.45) is -3.97. The molecule has 0 aliphatic carbocycles. The lowest BCUT2D eigenvalue weighted by atomic mass is 10.0. The zero-order valence-corrected chi connectivity index (χ0v) is 13.5. The Morgan fingerprint density at radius 2 is 2.08 bits per heavy atom. The molecule has 3 aromatic rings. The van der Waals surface area contributed by atoms with Crippen LogP contribution in [0.1, 0.15) is 27.4 Å². The van der Waals surface area contributed by atoms with E-state index in [2.05, 4.69) is 10.1 Å². The first-order valence-corrected chi connectivity index (χ1v) is 7.91. The van der Waals surface area contributed by atoms with Gasteiger partial charge in [-0.25, -0.2) is 0 Å². The number of hydrogen-bond donors (Lipinski definition) is 2. The largest absolute Gasteiger partial charge is 0.432 e. The van der Waals surface area contributed by atoms with Crippen LogP contribution < -0.4 is 0 Å². The predicted molar refractivity (Wildman–Crippen MR) is 85.3 cm³/mol. The third kappa shape index (κ3) is 2.76. The normalized spacial score (nSPS) is 14.8. The highest BCUT2D eigenvalue weighted by Crippen LogP contribution is 2.31. The lowest BCUT2D eigenvalue weighted by Crippen LogP contribution is -2.36. The first-order chi connectivity index (χ1) is 11.8. The number of aromatic nitrogens is 3. The van der Waals surface area contributed by atoms with Crippen LogP contribution in [0, 0.1) is 0 Å². The molecule has 0 saturated heterocycles. The molecular formula is C16H12ClF3N4O. The fourth-order valence-corrected chi connectivity index (χ4v) is 3.27. The SMILES string of the molecule is O=C(c1cc(C(F)(F)F)[nH]n1)N1CCc2[nH]c3ccc(Cl)cc3c2C1. The zero-order valence-electron chi connectivity index (χ0n) is 12.7. The summed E-state index contributed by atoms with van der Waals surface area (Å²) in [7, 11) is 0. The van der Waals surface area contributed by atoms with Crippen molar-refractivity contribution in [1.82, 2.24) is 20.1 Å². The van der Waals surface area contributed by atoms with Crippen molar-refractivity contribution in [2.45, 2.75) is 19.1 Å². The van der Waals surface area contributed by atoms with Gasteiger partial charge in [0.05, 0.1) is 0 Å². The molecule has 0 fully saturated rings. The molecule has 2 N–H and O–H groups in total. The molecule has 0 spiro atoms. The molecule has 9 heteroatoms. The van der Waals surface area contributed by atoms with E-state index in [0.29, 0.717) is 24.5 Å². The average Bonchev–Trinajstić information content (AvgIpc) is 3.18. The van der Waals surface area contributed by atoms with Crippen LogP contribution in [-0.2, 0) is 19.1 Å². The summed E-state index contributed by atoms with van der Waals surface area (Å²) >= 11 is 6.04. The third-order valence-corrected chi connectivity index (χ3v) is 4.56. The summed E-state index contributed by atoms with van der Waals surface area (Å²) < 4.78 is 38.0. The van der Waals surface area contributed by atoms with Crippen LogP contribution in [0.5, 0.6) is 0 Å².